The number of para-hydroxylation sites is 1. The normalized spacial score (nSPS) is 19.4. The van der Waals surface area contributed by atoms with Crippen molar-refractivity contribution in [1.82, 2.24) is 0 Å². The van der Waals surface area contributed by atoms with Crippen LogP contribution in [0.1, 0.15) is 54.1 Å². The van der Waals surface area contributed by atoms with Gasteiger partial charge in [0, 0.05) is 13.0 Å². The van der Waals surface area contributed by atoms with Crippen molar-refractivity contribution in [2.45, 2.75) is 52.2 Å². The summed E-state index contributed by atoms with van der Waals surface area (Å²) in [6, 6.07) is 14.7. The molecule has 1 atom stereocenters. The minimum Gasteiger partial charge on any atom is -0.462 e. The van der Waals surface area contributed by atoms with E-state index in [9.17, 15) is 14.4 Å². The number of benzene rings is 2. The van der Waals surface area contributed by atoms with Crippen LogP contribution in [-0.2, 0) is 25.7 Å². The quantitative estimate of drug-likeness (QED) is 0.422. The largest absolute Gasteiger partial charge is 0.462 e. The summed E-state index contributed by atoms with van der Waals surface area (Å²) in [6.45, 7) is 6.45. The molecule has 7 nitrogen and oxygen atoms in total. The van der Waals surface area contributed by atoms with Crippen LogP contribution in [0.25, 0.3) is 0 Å². The number of anilines is 1. The van der Waals surface area contributed by atoms with Crippen LogP contribution in [0, 0.1) is 6.92 Å². The molecule has 0 saturated carbocycles. The molecule has 2 fully saturated rings. The highest BCUT2D eigenvalue weighted by molar-refractivity contribution is 6.06. The Morgan fingerprint density at radius 3 is 2.46 bits per heavy atom. The zero-order chi connectivity index (χ0) is 24.8. The number of ether oxygens (including phenoxy) is 2. The van der Waals surface area contributed by atoms with Gasteiger partial charge in [-0.1, -0.05) is 42.5 Å². The number of quaternary nitrogens is 1. The van der Waals surface area contributed by atoms with E-state index >= 15 is 0 Å². The highest BCUT2D eigenvalue weighted by Gasteiger charge is 2.50. The van der Waals surface area contributed by atoms with Crippen LogP contribution < -0.4 is 4.90 Å². The standard InChI is InChI=1S/C28H35N2O5/c1-3-34-28(33)23-14-10-11-21(2)26(23)29-16-15-24(27(29)32)30(17-8-5-9-18-30)19-25(31)35-20-22-12-6-4-7-13-22/h4,6-7,10-14,24H,3,5,8-9,15-20H2,1-2H3/q+1. The van der Waals surface area contributed by atoms with Crippen molar-refractivity contribution in [2.24, 2.45) is 0 Å². The van der Waals surface area contributed by atoms with E-state index in [1.165, 1.54) is 0 Å². The second-order valence-corrected chi connectivity index (χ2v) is 9.52. The van der Waals surface area contributed by atoms with Gasteiger partial charge in [-0.3, -0.25) is 4.79 Å². The molecular weight excluding hydrogens is 444 g/mol. The monoisotopic (exact) mass is 479 g/mol. The molecule has 2 aliphatic rings. The fourth-order valence-corrected chi connectivity index (χ4v) is 5.55. The Labute approximate surface area is 207 Å². The first-order valence-corrected chi connectivity index (χ1v) is 12.6. The number of likely N-dealkylation sites (tertiary alicyclic amines) is 1. The van der Waals surface area contributed by atoms with Gasteiger partial charge in [0.05, 0.1) is 30.9 Å². The lowest BCUT2D eigenvalue weighted by atomic mass is 10.0. The van der Waals surface area contributed by atoms with Crippen LogP contribution in [0.4, 0.5) is 5.69 Å². The minimum atomic E-state index is -0.422. The van der Waals surface area contributed by atoms with Gasteiger partial charge < -0.3 is 18.9 Å². The fourth-order valence-electron chi connectivity index (χ4n) is 5.55. The molecule has 0 aliphatic carbocycles. The Morgan fingerprint density at radius 1 is 1.00 bits per heavy atom. The van der Waals surface area contributed by atoms with E-state index in [-0.39, 0.29) is 37.7 Å². The molecule has 2 aromatic rings. The minimum absolute atomic E-state index is 0.0254. The summed E-state index contributed by atoms with van der Waals surface area (Å²) in [5.74, 6) is -0.721. The predicted molar refractivity (Wildman–Crippen MR) is 133 cm³/mol. The third kappa shape index (κ3) is 5.40. The first kappa shape index (κ1) is 24.9. The molecule has 0 N–H and O–H groups in total. The zero-order valence-corrected chi connectivity index (χ0v) is 20.7. The third-order valence-electron chi connectivity index (χ3n) is 7.23. The van der Waals surface area contributed by atoms with Gasteiger partial charge in [0.2, 0.25) is 0 Å². The smallest absolute Gasteiger partial charge is 0.362 e. The van der Waals surface area contributed by atoms with Crippen LogP contribution in [0.15, 0.2) is 48.5 Å². The summed E-state index contributed by atoms with van der Waals surface area (Å²) in [5, 5.41) is 0. The second-order valence-electron chi connectivity index (χ2n) is 9.52. The fraction of sp³-hybridized carbons (Fsp3) is 0.464. The number of carbonyl (C=O) groups is 3. The molecule has 2 saturated heterocycles. The van der Waals surface area contributed by atoms with E-state index in [2.05, 4.69) is 0 Å². The van der Waals surface area contributed by atoms with Crippen molar-refractivity contribution in [1.29, 1.82) is 0 Å². The topological polar surface area (TPSA) is 72.9 Å². The molecule has 35 heavy (non-hydrogen) atoms. The number of hydrogen-bond acceptors (Lipinski definition) is 5. The molecule has 4 rings (SSSR count). The molecule has 2 aliphatic heterocycles. The molecule has 0 radical (unpaired) electrons. The molecule has 186 valence electrons. The first-order valence-electron chi connectivity index (χ1n) is 12.6. The number of piperidine rings is 1. The van der Waals surface area contributed by atoms with Crippen molar-refractivity contribution >= 4 is 23.5 Å². The summed E-state index contributed by atoms with van der Waals surface area (Å²) in [5.41, 5.74) is 2.84. The van der Waals surface area contributed by atoms with E-state index in [1.54, 1.807) is 17.9 Å². The molecule has 1 unspecified atom stereocenters. The summed E-state index contributed by atoms with van der Waals surface area (Å²) in [4.78, 5) is 41.2. The lowest BCUT2D eigenvalue weighted by Crippen LogP contribution is -2.62. The highest BCUT2D eigenvalue weighted by atomic mass is 16.5. The number of amides is 1. The number of rotatable bonds is 8. The maximum absolute atomic E-state index is 13.9. The van der Waals surface area contributed by atoms with Crippen LogP contribution >= 0.6 is 0 Å². The Morgan fingerprint density at radius 2 is 1.74 bits per heavy atom. The number of carbonyl (C=O) groups excluding carboxylic acids is 3. The van der Waals surface area contributed by atoms with Crippen molar-refractivity contribution < 1.29 is 28.3 Å². The number of nitrogens with zero attached hydrogens (tertiary/aromatic N) is 2. The van der Waals surface area contributed by atoms with Crippen molar-refractivity contribution in [3.63, 3.8) is 0 Å². The SMILES string of the molecule is CCOC(=O)c1cccc(C)c1N1CCC([N+]2(CC(=O)OCc3ccccc3)CCCCC2)C1=O. The predicted octanol–water partition coefficient (Wildman–Crippen LogP) is 4.02. The number of esters is 2. The van der Waals surface area contributed by atoms with Crippen molar-refractivity contribution in [3.05, 3.63) is 65.2 Å². The Kier molecular flexibility index (Phi) is 7.86. The summed E-state index contributed by atoms with van der Waals surface area (Å²) in [6.07, 6.45) is 3.71. The van der Waals surface area contributed by atoms with Crippen LogP contribution in [-0.4, -0.2) is 61.2 Å². The lowest BCUT2D eigenvalue weighted by molar-refractivity contribution is -0.939. The van der Waals surface area contributed by atoms with Gasteiger partial charge in [0.1, 0.15) is 6.61 Å². The van der Waals surface area contributed by atoms with Crippen LogP contribution in [0.3, 0.4) is 0 Å². The maximum Gasteiger partial charge on any atom is 0.362 e. The molecule has 2 aromatic carbocycles. The second kappa shape index (κ2) is 11.0. The first-order chi connectivity index (χ1) is 16.9. The Bertz CT molecular complexity index is 1060. The van der Waals surface area contributed by atoms with E-state index in [0.29, 0.717) is 28.7 Å². The van der Waals surface area contributed by atoms with Crippen molar-refractivity contribution in [3.8, 4) is 0 Å². The van der Waals surface area contributed by atoms with E-state index in [0.717, 1.165) is 43.5 Å². The Hall–Kier alpha value is -3.19. The zero-order valence-electron chi connectivity index (χ0n) is 20.7. The summed E-state index contributed by atoms with van der Waals surface area (Å²) in [7, 11) is 0. The van der Waals surface area contributed by atoms with Gasteiger partial charge >= 0.3 is 11.9 Å². The summed E-state index contributed by atoms with van der Waals surface area (Å²) < 4.78 is 11.3. The molecule has 7 heteroatoms. The van der Waals surface area contributed by atoms with Crippen molar-refractivity contribution in [2.75, 3.05) is 37.7 Å². The maximum atomic E-state index is 13.9. The Balaban J connectivity index is 1.54. The van der Waals surface area contributed by atoms with Gasteiger partial charge in [0.25, 0.3) is 5.91 Å². The molecule has 0 bridgehead atoms. The van der Waals surface area contributed by atoms with E-state index < -0.39 is 5.97 Å². The molecule has 0 spiro atoms. The van der Waals surface area contributed by atoms with E-state index in [4.69, 9.17) is 9.47 Å². The molecule has 0 aromatic heterocycles. The van der Waals surface area contributed by atoms with E-state index in [1.807, 2.05) is 49.4 Å². The third-order valence-corrected chi connectivity index (χ3v) is 7.23. The van der Waals surface area contributed by atoms with Gasteiger partial charge in [-0.15, -0.1) is 0 Å². The number of aryl methyl sites for hydroxylation is 1. The van der Waals surface area contributed by atoms with Crippen LogP contribution in [0.2, 0.25) is 0 Å². The lowest BCUT2D eigenvalue weighted by Gasteiger charge is -2.44. The van der Waals surface area contributed by atoms with Gasteiger partial charge in [0.15, 0.2) is 12.6 Å². The highest BCUT2D eigenvalue weighted by Crippen LogP contribution is 2.35. The summed E-state index contributed by atoms with van der Waals surface area (Å²) >= 11 is 0. The molecule has 2 heterocycles. The van der Waals surface area contributed by atoms with Gasteiger partial charge in [-0.25, -0.2) is 9.59 Å². The number of hydrogen-bond donors (Lipinski definition) is 0. The molecule has 1 amide bonds. The molecular formula is C28H35N2O5+. The van der Waals surface area contributed by atoms with Gasteiger partial charge in [-0.2, -0.15) is 0 Å². The average molecular weight is 480 g/mol. The van der Waals surface area contributed by atoms with Gasteiger partial charge in [-0.05, 0) is 50.3 Å². The average Bonchev–Trinajstić information content (AvgIpc) is 3.25. The van der Waals surface area contributed by atoms with Crippen LogP contribution in [0.5, 0.6) is 0 Å².